The van der Waals surface area contributed by atoms with Gasteiger partial charge in [0.1, 0.15) is 6.61 Å². The van der Waals surface area contributed by atoms with Gasteiger partial charge in [-0.05, 0) is 29.8 Å². The lowest BCUT2D eigenvalue weighted by atomic mass is 10.1. The van der Waals surface area contributed by atoms with Crippen LogP contribution in [0.1, 0.15) is 11.1 Å². The van der Waals surface area contributed by atoms with Crippen LogP contribution >= 0.6 is 0 Å². The number of rotatable bonds is 3. The van der Waals surface area contributed by atoms with E-state index in [0.717, 1.165) is 17.9 Å². The molecule has 21 heavy (non-hydrogen) atoms. The average molecular weight is 275 g/mol. The van der Waals surface area contributed by atoms with Crippen molar-refractivity contribution in [1.82, 2.24) is 4.98 Å². The molecule has 4 rings (SSSR count). The lowest BCUT2D eigenvalue weighted by molar-refractivity contribution is 0.317. The molecule has 3 aromatic rings. The van der Waals surface area contributed by atoms with Gasteiger partial charge < -0.3 is 9.72 Å². The Morgan fingerprint density at radius 1 is 1.24 bits per heavy atom. The molecule has 1 radical (unpaired) electrons. The fourth-order valence-corrected chi connectivity index (χ4v) is 2.76. The van der Waals surface area contributed by atoms with E-state index in [1.807, 2.05) is 30.3 Å². The van der Waals surface area contributed by atoms with Gasteiger partial charge in [0, 0.05) is 29.1 Å². The number of H-pyrrole nitrogens is 1. The molecule has 0 aliphatic carbocycles. The fraction of sp³-hybridized carbons (Fsp3) is 0.167. The van der Waals surface area contributed by atoms with Crippen LogP contribution in [0, 0.1) is 6.07 Å². The summed E-state index contributed by atoms with van der Waals surface area (Å²) >= 11 is 0. The second-order valence-corrected chi connectivity index (χ2v) is 5.25. The highest BCUT2D eigenvalue weighted by Crippen LogP contribution is 2.22. The van der Waals surface area contributed by atoms with Crippen molar-refractivity contribution < 1.29 is 4.74 Å². The number of para-hydroxylation sites is 1. The smallest absolute Gasteiger partial charge is 0.216 e. The summed E-state index contributed by atoms with van der Waals surface area (Å²) in [4.78, 5) is 8.01. The van der Waals surface area contributed by atoms with Crippen LogP contribution in [0.4, 0.5) is 0 Å². The first-order valence-electron chi connectivity index (χ1n) is 7.12. The van der Waals surface area contributed by atoms with E-state index >= 15 is 0 Å². The Morgan fingerprint density at radius 3 is 3.10 bits per heavy atom. The maximum atomic E-state index is 5.73. The number of nitrogens with zero attached hydrogens (tertiary/aromatic N) is 1. The Hall–Kier alpha value is -2.55. The predicted octanol–water partition coefficient (Wildman–Crippen LogP) is 3.36. The van der Waals surface area contributed by atoms with Crippen molar-refractivity contribution in [2.45, 2.75) is 12.5 Å². The zero-order chi connectivity index (χ0) is 14.1. The van der Waals surface area contributed by atoms with Crippen LogP contribution in [0.5, 0.6) is 0 Å². The third-order valence-electron chi connectivity index (χ3n) is 3.80. The quantitative estimate of drug-likeness (QED) is 0.782. The minimum Gasteiger partial charge on any atom is -0.475 e. The molecule has 3 nitrogen and oxygen atoms in total. The molecular weight excluding hydrogens is 260 g/mol. The Kier molecular flexibility index (Phi) is 2.96. The summed E-state index contributed by atoms with van der Waals surface area (Å²) in [7, 11) is 0. The van der Waals surface area contributed by atoms with Gasteiger partial charge in [0.25, 0.3) is 0 Å². The summed E-state index contributed by atoms with van der Waals surface area (Å²) in [5.74, 6) is 0.733. The lowest BCUT2D eigenvalue weighted by Crippen LogP contribution is -2.09. The molecule has 1 aliphatic rings. The Balaban J connectivity index is 1.57. The van der Waals surface area contributed by atoms with Gasteiger partial charge >= 0.3 is 0 Å². The Labute approximate surface area is 123 Å². The number of aliphatic imine (C=N–C) groups is 1. The molecule has 1 N–H and O–H groups in total. The highest BCUT2D eigenvalue weighted by molar-refractivity contribution is 5.95. The number of nitrogens with one attached hydrogen (secondary N) is 1. The summed E-state index contributed by atoms with van der Waals surface area (Å²) in [6.07, 6.45) is 2.97. The average Bonchev–Trinajstić information content (AvgIpc) is 3.17. The molecule has 0 unspecified atom stereocenters. The van der Waals surface area contributed by atoms with E-state index in [1.54, 1.807) is 0 Å². The van der Waals surface area contributed by atoms with Gasteiger partial charge in [0.05, 0.1) is 6.04 Å². The van der Waals surface area contributed by atoms with E-state index in [9.17, 15) is 0 Å². The van der Waals surface area contributed by atoms with E-state index in [0.29, 0.717) is 6.61 Å². The normalized spacial score (nSPS) is 17.7. The minimum atomic E-state index is 0.180. The van der Waals surface area contributed by atoms with Gasteiger partial charge in [0.15, 0.2) is 0 Å². The first-order valence-corrected chi connectivity index (χ1v) is 7.12. The zero-order valence-corrected chi connectivity index (χ0v) is 11.5. The molecule has 0 fully saturated rings. The van der Waals surface area contributed by atoms with E-state index in [4.69, 9.17) is 9.73 Å². The SMILES string of the molecule is [c]1cccc(C2=N[C@@H](Cc3c[nH]c4ccccc34)CO2)c1. The largest absolute Gasteiger partial charge is 0.475 e. The first-order chi connectivity index (χ1) is 10.4. The maximum Gasteiger partial charge on any atom is 0.216 e. The van der Waals surface area contributed by atoms with E-state index in [2.05, 4.69) is 35.4 Å². The molecule has 103 valence electrons. The summed E-state index contributed by atoms with van der Waals surface area (Å²) in [5, 5.41) is 1.27. The molecule has 2 aromatic carbocycles. The van der Waals surface area contributed by atoms with Crippen LogP contribution in [-0.4, -0.2) is 23.5 Å². The standard InChI is InChI=1S/C18H15N2O/c1-2-6-13(7-3-1)18-20-15(12-21-18)10-14-11-19-17-9-5-4-8-16(14)17/h1-2,4-9,11,15,19H,10,12H2/t15-/m0/s1. The highest BCUT2D eigenvalue weighted by Gasteiger charge is 2.21. The topological polar surface area (TPSA) is 37.4 Å². The summed E-state index contributed by atoms with van der Waals surface area (Å²) < 4.78 is 5.73. The minimum absolute atomic E-state index is 0.180. The van der Waals surface area contributed by atoms with Crippen LogP contribution in [0.2, 0.25) is 0 Å². The zero-order valence-electron chi connectivity index (χ0n) is 11.5. The van der Waals surface area contributed by atoms with Gasteiger partial charge in [0.2, 0.25) is 5.90 Å². The molecule has 1 aliphatic heterocycles. The molecule has 3 heteroatoms. The van der Waals surface area contributed by atoms with Gasteiger partial charge in [-0.2, -0.15) is 0 Å². The lowest BCUT2D eigenvalue weighted by Gasteiger charge is -2.03. The summed E-state index contributed by atoms with van der Waals surface area (Å²) in [6.45, 7) is 0.643. The van der Waals surface area contributed by atoms with Crippen molar-refractivity contribution >= 4 is 16.8 Å². The van der Waals surface area contributed by atoms with Crippen molar-refractivity contribution in [2.75, 3.05) is 6.61 Å². The number of ether oxygens (including phenoxy) is 1. The van der Waals surface area contributed by atoms with Crippen LogP contribution in [0.25, 0.3) is 10.9 Å². The van der Waals surface area contributed by atoms with Crippen LogP contribution in [-0.2, 0) is 11.2 Å². The van der Waals surface area contributed by atoms with E-state index in [-0.39, 0.29) is 6.04 Å². The maximum absolute atomic E-state index is 5.73. The highest BCUT2D eigenvalue weighted by atomic mass is 16.5. The Morgan fingerprint density at radius 2 is 2.19 bits per heavy atom. The van der Waals surface area contributed by atoms with Gasteiger partial charge in [-0.15, -0.1) is 0 Å². The Bertz CT molecular complexity index is 789. The molecular formula is C18H15N2O. The van der Waals surface area contributed by atoms with Crippen LogP contribution in [0.15, 0.2) is 59.7 Å². The second kappa shape index (κ2) is 5.09. The molecule has 1 aromatic heterocycles. The number of aromatic amines is 1. The van der Waals surface area contributed by atoms with Gasteiger partial charge in [-0.1, -0.05) is 30.3 Å². The second-order valence-electron chi connectivity index (χ2n) is 5.25. The summed E-state index contributed by atoms with van der Waals surface area (Å²) in [6, 6.07) is 19.3. The van der Waals surface area contributed by atoms with Gasteiger partial charge in [-0.3, -0.25) is 0 Å². The number of aromatic nitrogens is 1. The molecule has 0 amide bonds. The predicted molar refractivity (Wildman–Crippen MR) is 83.6 cm³/mol. The number of hydrogen-bond acceptors (Lipinski definition) is 2. The van der Waals surface area contributed by atoms with E-state index in [1.165, 1.54) is 16.5 Å². The third-order valence-corrected chi connectivity index (χ3v) is 3.80. The molecule has 2 heterocycles. The van der Waals surface area contributed by atoms with Crippen molar-refractivity contribution in [2.24, 2.45) is 4.99 Å². The first kappa shape index (κ1) is 12.2. The number of hydrogen-bond donors (Lipinski definition) is 1. The molecule has 0 saturated carbocycles. The van der Waals surface area contributed by atoms with Crippen molar-refractivity contribution in [1.29, 1.82) is 0 Å². The molecule has 0 saturated heterocycles. The van der Waals surface area contributed by atoms with Crippen molar-refractivity contribution in [3.05, 3.63) is 71.9 Å². The monoisotopic (exact) mass is 275 g/mol. The van der Waals surface area contributed by atoms with Crippen LogP contribution < -0.4 is 0 Å². The molecule has 1 atom stereocenters. The van der Waals surface area contributed by atoms with Gasteiger partial charge in [-0.25, -0.2) is 4.99 Å². The van der Waals surface area contributed by atoms with Crippen LogP contribution in [0.3, 0.4) is 0 Å². The third kappa shape index (κ3) is 2.31. The fourth-order valence-electron chi connectivity index (χ4n) is 2.76. The molecule has 0 spiro atoms. The summed E-state index contributed by atoms with van der Waals surface area (Å²) in [5.41, 5.74) is 3.47. The van der Waals surface area contributed by atoms with Crippen molar-refractivity contribution in [3.63, 3.8) is 0 Å². The van der Waals surface area contributed by atoms with Crippen molar-refractivity contribution in [3.8, 4) is 0 Å². The molecule has 0 bridgehead atoms. The van der Waals surface area contributed by atoms with E-state index < -0.39 is 0 Å². The number of benzene rings is 2. The number of fused-ring (bicyclic) bond motifs is 1.